The van der Waals surface area contributed by atoms with Gasteiger partial charge in [0.1, 0.15) is 17.2 Å². The summed E-state index contributed by atoms with van der Waals surface area (Å²) >= 11 is 0. The van der Waals surface area contributed by atoms with E-state index in [1.165, 1.54) is 4.31 Å². The number of hydrogen-bond donors (Lipinski definition) is 0. The third-order valence-corrected chi connectivity index (χ3v) is 6.61. The lowest BCUT2D eigenvalue weighted by Crippen LogP contribution is -2.30. The molecule has 3 aromatic carbocycles. The van der Waals surface area contributed by atoms with Crippen LogP contribution in [0.25, 0.3) is 0 Å². The van der Waals surface area contributed by atoms with E-state index in [1.54, 1.807) is 38.5 Å². The van der Waals surface area contributed by atoms with Gasteiger partial charge in [0.25, 0.3) is 0 Å². The summed E-state index contributed by atoms with van der Waals surface area (Å²) in [6.07, 6.45) is 0. The van der Waals surface area contributed by atoms with Crippen LogP contribution in [0.3, 0.4) is 0 Å². The predicted octanol–water partition coefficient (Wildman–Crippen LogP) is 4.49. The van der Waals surface area contributed by atoms with Gasteiger partial charge in [-0.25, -0.2) is 8.42 Å². The molecule has 0 saturated carbocycles. The van der Waals surface area contributed by atoms with Crippen molar-refractivity contribution in [2.75, 3.05) is 20.8 Å². The van der Waals surface area contributed by atoms with Crippen molar-refractivity contribution in [3.63, 3.8) is 0 Å². The Labute approximate surface area is 184 Å². The third kappa shape index (κ3) is 5.77. The molecule has 0 radical (unpaired) electrons. The fourth-order valence-corrected chi connectivity index (χ4v) is 4.53. The Balaban J connectivity index is 1.91. The van der Waals surface area contributed by atoms with Crippen molar-refractivity contribution in [3.8, 4) is 17.2 Å². The first-order valence-electron chi connectivity index (χ1n) is 9.95. The lowest BCUT2D eigenvalue weighted by molar-refractivity contribution is 0.340. The molecule has 0 heterocycles. The van der Waals surface area contributed by atoms with E-state index in [-0.39, 0.29) is 18.0 Å². The SMILES string of the molecule is CCOc1ccc(S(=O)(=O)N(Cc2ccc(OC)cc2)Cc2ccc(OC)cc2)cc1. The van der Waals surface area contributed by atoms with E-state index in [0.717, 1.165) is 22.6 Å². The molecule has 0 unspecified atom stereocenters. The summed E-state index contributed by atoms with van der Waals surface area (Å²) in [6, 6.07) is 21.3. The Hall–Kier alpha value is -3.03. The summed E-state index contributed by atoms with van der Waals surface area (Å²) in [7, 11) is -0.548. The zero-order valence-electron chi connectivity index (χ0n) is 17.9. The maximum Gasteiger partial charge on any atom is 0.243 e. The lowest BCUT2D eigenvalue weighted by atomic mass is 10.2. The first-order chi connectivity index (χ1) is 15.0. The summed E-state index contributed by atoms with van der Waals surface area (Å²) in [5, 5.41) is 0. The molecule has 0 bridgehead atoms. The van der Waals surface area contributed by atoms with E-state index >= 15 is 0 Å². The molecule has 0 fully saturated rings. The molecule has 0 aliphatic heterocycles. The molecule has 0 aliphatic rings. The fourth-order valence-electron chi connectivity index (χ4n) is 3.12. The minimum atomic E-state index is -3.75. The van der Waals surface area contributed by atoms with Gasteiger partial charge in [0, 0.05) is 13.1 Å². The quantitative estimate of drug-likeness (QED) is 0.464. The van der Waals surface area contributed by atoms with Gasteiger partial charge in [-0.1, -0.05) is 24.3 Å². The van der Waals surface area contributed by atoms with Crippen LogP contribution in [-0.2, 0) is 23.1 Å². The summed E-state index contributed by atoms with van der Waals surface area (Å²) in [4.78, 5) is 0.220. The van der Waals surface area contributed by atoms with Gasteiger partial charge >= 0.3 is 0 Å². The van der Waals surface area contributed by atoms with Crippen LogP contribution in [0.2, 0.25) is 0 Å². The average molecular weight is 442 g/mol. The van der Waals surface area contributed by atoms with Gasteiger partial charge in [-0.15, -0.1) is 0 Å². The molecule has 3 aromatic rings. The summed E-state index contributed by atoms with van der Waals surface area (Å²) < 4.78 is 44.3. The van der Waals surface area contributed by atoms with Crippen molar-refractivity contribution in [3.05, 3.63) is 83.9 Å². The minimum absolute atomic E-state index is 0.220. The molecular weight excluding hydrogens is 414 g/mol. The minimum Gasteiger partial charge on any atom is -0.497 e. The summed E-state index contributed by atoms with van der Waals surface area (Å²) in [5.41, 5.74) is 1.73. The summed E-state index contributed by atoms with van der Waals surface area (Å²) in [5.74, 6) is 2.08. The van der Waals surface area contributed by atoms with Gasteiger partial charge in [-0.2, -0.15) is 4.31 Å². The zero-order valence-corrected chi connectivity index (χ0v) is 18.8. The molecule has 0 aromatic heterocycles. The number of ether oxygens (including phenoxy) is 3. The van der Waals surface area contributed by atoms with Gasteiger partial charge in [0.15, 0.2) is 0 Å². The van der Waals surface area contributed by atoms with Crippen LogP contribution in [0.15, 0.2) is 77.7 Å². The van der Waals surface area contributed by atoms with E-state index in [2.05, 4.69) is 0 Å². The van der Waals surface area contributed by atoms with Crippen molar-refractivity contribution in [2.45, 2.75) is 24.9 Å². The molecule has 0 spiro atoms. The molecule has 164 valence electrons. The van der Waals surface area contributed by atoms with E-state index in [4.69, 9.17) is 14.2 Å². The first kappa shape index (κ1) is 22.7. The normalized spacial score (nSPS) is 11.4. The number of sulfonamides is 1. The molecule has 0 N–H and O–H groups in total. The second kappa shape index (κ2) is 10.3. The molecule has 7 heteroatoms. The maximum absolute atomic E-state index is 13.5. The topological polar surface area (TPSA) is 65.1 Å². The average Bonchev–Trinajstić information content (AvgIpc) is 2.80. The monoisotopic (exact) mass is 441 g/mol. The van der Waals surface area contributed by atoms with Crippen LogP contribution in [0.1, 0.15) is 18.1 Å². The molecule has 0 amide bonds. The van der Waals surface area contributed by atoms with Gasteiger partial charge < -0.3 is 14.2 Å². The van der Waals surface area contributed by atoms with E-state index < -0.39 is 10.0 Å². The molecular formula is C24H27NO5S. The van der Waals surface area contributed by atoms with Crippen LogP contribution in [-0.4, -0.2) is 33.5 Å². The van der Waals surface area contributed by atoms with Gasteiger partial charge in [-0.3, -0.25) is 0 Å². The highest BCUT2D eigenvalue weighted by molar-refractivity contribution is 7.89. The molecule has 0 atom stereocenters. The molecule has 31 heavy (non-hydrogen) atoms. The van der Waals surface area contributed by atoms with Crippen molar-refractivity contribution in [1.29, 1.82) is 0 Å². The molecule has 0 aliphatic carbocycles. The van der Waals surface area contributed by atoms with E-state index in [1.807, 2.05) is 55.5 Å². The number of hydrogen-bond acceptors (Lipinski definition) is 5. The predicted molar refractivity (Wildman–Crippen MR) is 120 cm³/mol. The highest BCUT2D eigenvalue weighted by atomic mass is 32.2. The smallest absolute Gasteiger partial charge is 0.243 e. The molecule has 3 rings (SSSR count). The van der Waals surface area contributed by atoms with Gasteiger partial charge in [-0.05, 0) is 66.6 Å². The number of methoxy groups -OCH3 is 2. The second-order valence-electron chi connectivity index (χ2n) is 6.87. The second-order valence-corrected chi connectivity index (χ2v) is 8.81. The first-order valence-corrected chi connectivity index (χ1v) is 11.4. The Morgan fingerprint density at radius 2 is 1.10 bits per heavy atom. The van der Waals surface area contributed by atoms with E-state index in [9.17, 15) is 8.42 Å². The third-order valence-electron chi connectivity index (χ3n) is 4.81. The van der Waals surface area contributed by atoms with Gasteiger partial charge in [0.2, 0.25) is 10.0 Å². The molecule has 6 nitrogen and oxygen atoms in total. The number of rotatable bonds is 10. The maximum atomic E-state index is 13.5. The Kier molecular flexibility index (Phi) is 7.55. The van der Waals surface area contributed by atoms with Crippen LogP contribution >= 0.6 is 0 Å². The largest absolute Gasteiger partial charge is 0.497 e. The number of benzene rings is 3. The van der Waals surface area contributed by atoms with Crippen molar-refractivity contribution in [1.82, 2.24) is 4.31 Å². The Bertz CT molecular complexity index is 1010. The Morgan fingerprint density at radius 3 is 1.48 bits per heavy atom. The van der Waals surface area contributed by atoms with Crippen LogP contribution in [0.5, 0.6) is 17.2 Å². The number of nitrogens with zero attached hydrogens (tertiary/aromatic N) is 1. The van der Waals surface area contributed by atoms with Crippen LogP contribution in [0, 0.1) is 0 Å². The van der Waals surface area contributed by atoms with Crippen LogP contribution < -0.4 is 14.2 Å². The van der Waals surface area contributed by atoms with Crippen LogP contribution in [0.4, 0.5) is 0 Å². The van der Waals surface area contributed by atoms with Gasteiger partial charge in [0.05, 0.1) is 25.7 Å². The van der Waals surface area contributed by atoms with Crippen molar-refractivity contribution in [2.24, 2.45) is 0 Å². The van der Waals surface area contributed by atoms with Crippen molar-refractivity contribution < 1.29 is 22.6 Å². The van der Waals surface area contributed by atoms with Crippen molar-refractivity contribution >= 4 is 10.0 Å². The lowest BCUT2D eigenvalue weighted by Gasteiger charge is -2.23. The highest BCUT2D eigenvalue weighted by Crippen LogP contribution is 2.25. The zero-order chi connectivity index (χ0) is 22.3. The standard InChI is InChI=1S/C24H27NO5S/c1-4-30-23-13-15-24(16-14-23)31(26,27)25(17-19-5-9-21(28-2)10-6-19)18-20-7-11-22(29-3)12-8-20/h5-16H,4,17-18H2,1-3H3. The molecule has 0 saturated heterocycles. The highest BCUT2D eigenvalue weighted by Gasteiger charge is 2.25. The summed E-state index contributed by atoms with van der Waals surface area (Å²) in [6.45, 7) is 2.86. The fraction of sp³-hybridized carbons (Fsp3) is 0.250. The Morgan fingerprint density at radius 1 is 0.677 bits per heavy atom. The van der Waals surface area contributed by atoms with E-state index in [0.29, 0.717) is 12.4 Å².